The van der Waals surface area contributed by atoms with E-state index in [1.807, 2.05) is 30.3 Å². The average Bonchev–Trinajstić information content (AvgIpc) is 3.06. The highest BCUT2D eigenvalue weighted by Crippen LogP contribution is 2.25. The second kappa shape index (κ2) is 6.00. The lowest BCUT2D eigenvalue weighted by atomic mass is 10.1. The third kappa shape index (κ3) is 2.38. The minimum atomic E-state index is -0.0771. The van der Waals surface area contributed by atoms with Crippen molar-refractivity contribution in [3.63, 3.8) is 0 Å². The molecule has 0 aliphatic carbocycles. The number of aromatic nitrogens is 3. The van der Waals surface area contributed by atoms with E-state index >= 15 is 0 Å². The average molecular weight is 345 g/mol. The van der Waals surface area contributed by atoms with Crippen LogP contribution in [-0.2, 0) is 0 Å². The van der Waals surface area contributed by atoms with Crippen molar-refractivity contribution in [2.24, 2.45) is 0 Å². The van der Waals surface area contributed by atoms with Crippen molar-refractivity contribution < 1.29 is 0 Å². The molecule has 3 heterocycles. The molecule has 0 unspecified atom stereocenters. The van der Waals surface area contributed by atoms with Crippen LogP contribution in [0.3, 0.4) is 0 Å². The number of nitrogens with one attached hydrogen (secondary N) is 2. The van der Waals surface area contributed by atoms with Gasteiger partial charge in [-0.3, -0.25) is 14.9 Å². The van der Waals surface area contributed by atoms with Crippen molar-refractivity contribution in [2.75, 3.05) is 31.1 Å². The minimum absolute atomic E-state index is 0.0771. The van der Waals surface area contributed by atoms with Gasteiger partial charge in [-0.05, 0) is 30.3 Å². The van der Waals surface area contributed by atoms with E-state index in [-0.39, 0.29) is 5.56 Å². The molecule has 26 heavy (non-hydrogen) atoms. The largest absolute Gasteiger partial charge is 0.369 e. The Hall–Kier alpha value is -3.12. The van der Waals surface area contributed by atoms with Gasteiger partial charge >= 0.3 is 0 Å². The number of H-pyrrole nitrogens is 1. The number of hydrogen-bond acceptors (Lipinski definition) is 4. The van der Waals surface area contributed by atoms with Crippen molar-refractivity contribution in [1.82, 2.24) is 20.1 Å². The van der Waals surface area contributed by atoms with E-state index in [0.717, 1.165) is 48.3 Å². The van der Waals surface area contributed by atoms with E-state index in [1.54, 1.807) is 10.9 Å². The molecule has 0 saturated carbocycles. The van der Waals surface area contributed by atoms with Crippen LogP contribution in [-0.4, -0.2) is 40.9 Å². The van der Waals surface area contributed by atoms with Gasteiger partial charge in [0.25, 0.3) is 5.56 Å². The molecule has 2 aromatic heterocycles. The summed E-state index contributed by atoms with van der Waals surface area (Å²) >= 11 is 0. The molecule has 130 valence electrons. The molecule has 2 aromatic carbocycles. The Morgan fingerprint density at radius 2 is 1.73 bits per heavy atom. The predicted octanol–water partition coefficient (Wildman–Crippen LogP) is 2.28. The fraction of sp³-hybridized carbons (Fsp3) is 0.200. The molecular formula is C20H19N5O. The van der Waals surface area contributed by atoms with Gasteiger partial charge in [-0.15, -0.1) is 0 Å². The highest BCUT2D eigenvalue weighted by molar-refractivity contribution is 6.03. The molecule has 1 aliphatic heterocycles. The summed E-state index contributed by atoms with van der Waals surface area (Å²) in [6.45, 7) is 3.99. The number of rotatable bonds is 2. The predicted molar refractivity (Wildman–Crippen MR) is 104 cm³/mol. The lowest BCUT2D eigenvalue weighted by Gasteiger charge is -2.29. The van der Waals surface area contributed by atoms with E-state index in [2.05, 4.69) is 38.5 Å². The van der Waals surface area contributed by atoms with Gasteiger partial charge in [-0.1, -0.05) is 18.2 Å². The summed E-state index contributed by atoms with van der Waals surface area (Å²) in [5, 5.41) is 8.21. The number of piperazine rings is 1. The zero-order valence-corrected chi connectivity index (χ0v) is 14.3. The molecule has 6 nitrogen and oxygen atoms in total. The highest BCUT2D eigenvalue weighted by atomic mass is 16.1. The lowest BCUT2D eigenvalue weighted by molar-refractivity contribution is 0.589. The monoisotopic (exact) mass is 345 g/mol. The number of aromatic amines is 1. The zero-order chi connectivity index (χ0) is 17.5. The maximum Gasteiger partial charge on any atom is 0.280 e. The van der Waals surface area contributed by atoms with Crippen molar-refractivity contribution in [3.8, 4) is 5.69 Å². The van der Waals surface area contributed by atoms with E-state index in [0.29, 0.717) is 5.39 Å². The van der Waals surface area contributed by atoms with E-state index in [4.69, 9.17) is 0 Å². The van der Waals surface area contributed by atoms with Crippen molar-refractivity contribution >= 4 is 27.5 Å². The van der Waals surface area contributed by atoms with Gasteiger partial charge in [0, 0.05) is 43.4 Å². The summed E-state index contributed by atoms with van der Waals surface area (Å²) in [6, 6.07) is 15.9. The van der Waals surface area contributed by atoms with Gasteiger partial charge in [0.05, 0.1) is 22.1 Å². The van der Waals surface area contributed by atoms with Crippen molar-refractivity contribution in [1.29, 1.82) is 0 Å². The van der Waals surface area contributed by atoms with Gasteiger partial charge in [0.1, 0.15) is 0 Å². The topological polar surface area (TPSA) is 66.0 Å². The smallest absolute Gasteiger partial charge is 0.280 e. The van der Waals surface area contributed by atoms with Crippen LogP contribution in [0.15, 0.2) is 59.5 Å². The Morgan fingerprint density at radius 1 is 0.923 bits per heavy atom. The Morgan fingerprint density at radius 3 is 2.54 bits per heavy atom. The molecule has 0 radical (unpaired) electrons. The number of para-hydroxylation sites is 1. The summed E-state index contributed by atoms with van der Waals surface area (Å²) in [5.41, 5.74) is 3.65. The number of nitrogens with zero attached hydrogens (tertiary/aromatic N) is 3. The highest BCUT2D eigenvalue weighted by Gasteiger charge is 2.14. The fourth-order valence-electron chi connectivity index (χ4n) is 3.63. The third-order valence-electron chi connectivity index (χ3n) is 5.01. The molecule has 0 bridgehead atoms. The minimum Gasteiger partial charge on any atom is -0.369 e. The molecule has 0 amide bonds. The SMILES string of the molecule is O=c1c2cnc3cc(N4CCNCC4)ccc3c2[nH]n1-c1ccccc1. The normalized spacial score (nSPS) is 15.0. The summed E-state index contributed by atoms with van der Waals surface area (Å²) in [6.07, 6.45) is 1.68. The summed E-state index contributed by atoms with van der Waals surface area (Å²) in [4.78, 5) is 19.7. The number of fused-ring (bicyclic) bond motifs is 3. The van der Waals surface area contributed by atoms with Crippen LogP contribution in [0.25, 0.3) is 27.5 Å². The first kappa shape index (κ1) is 15.2. The molecule has 0 atom stereocenters. The van der Waals surface area contributed by atoms with Crippen molar-refractivity contribution in [2.45, 2.75) is 0 Å². The lowest BCUT2D eigenvalue weighted by Crippen LogP contribution is -2.43. The maximum atomic E-state index is 12.8. The van der Waals surface area contributed by atoms with Crippen LogP contribution in [0.2, 0.25) is 0 Å². The molecule has 2 N–H and O–H groups in total. The Labute approximate surface area is 150 Å². The van der Waals surface area contributed by atoms with Crippen LogP contribution < -0.4 is 15.8 Å². The molecule has 5 rings (SSSR count). The first-order chi connectivity index (χ1) is 12.8. The van der Waals surface area contributed by atoms with E-state index < -0.39 is 0 Å². The summed E-state index contributed by atoms with van der Waals surface area (Å²) in [5.74, 6) is 0. The van der Waals surface area contributed by atoms with Gasteiger partial charge in [-0.25, -0.2) is 4.68 Å². The van der Waals surface area contributed by atoms with Gasteiger partial charge in [0.2, 0.25) is 0 Å². The number of benzene rings is 2. The molecule has 4 aromatic rings. The quantitative estimate of drug-likeness (QED) is 0.585. The van der Waals surface area contributed by atoms with Crippen LogP contribution in [0.1, 0.15) is 0 Å². The molecule has 1 aliphatic rings. The standard InChI is InChI=1S/C20H19N5O/c26-20-17-13-22-18-12-15(24-10-8-21-9-11-24)6-7-16(18)19(17)23-25(20)14-4-2-1-3-5-14/h1-7,12-13,21,23H,8-11H2. The van der Waals surface area contributed by atoms with Crippen LogP contribution in [0.5, 0.6) is 0 Å². The summed E-state index contributed by atoms with van der Waals surface area (Å²) in [7, 11) is 0. The van der Waals surface area contributed by atoms with Gasteiger partial charge in [-0.2, -0.15) is 0 Å². The zero-order valence-electron chi connectivity index (χ0n) is 14.3. The number of hydrogen-bond donors (Lipinski definition) is 2. The molecule has 1 saturated heterocycles. The second-order valence-corrected chi connectivity index (χ2v) is 6.57. The Kier molecular flexibility index (Phi) is 3.50. The van der Waals surface area contributed by atoms with Crippen molar-refractivity contribution in [3.05, 3.63) is 65.1 Å². The fourth-order valence-corrected chi connectivity index (χ4v) is 3.63. The molecule has 0 spiro atoms. The first-order valence-corrected chi connectivity index (χ1v) is 8.86. The van der Waals surface area contributed by atoms with Gasteiger partial charge < -0.3 is 10.2 Å². The summed E-state index contributed by atoms with van der Waals surface area (Å²) < 4.78 is 1.58. The first-order valence-electron chi connectivity index (χ1n) is 8.86. The third-order valence-corrected chi connectivity index (χ3v) is 5.01. The van der Waals surface area contributed by atoms with Crippen LogP contribution in [0.4, 0.5) is 5.69 Å². The van der Waals surface area contributed by atoms with Crippen LogP contribution >= 0.6 is 0 Å². The number of pyridine rings is 1. The Bertz CT molecular complexity index is 1140. The second-order valence-electron chi connectivity index (χ2n) is 6.57. The Balaban J connectivity index is 1.67. The molecular weight excluding hydrogens is 326 g/mol. The van der Waals surface area contributed by atoms with Crippen LogP contribution in [0, 0.1) is 0 Å². The molecule has 6 heteroatoms. The maximum absolute atomic E-state index is 12.8. The van der Waals surface area contributed by atoms with Gasteiger partial charge in [0.15, 0.2) is 0 Å². The van der Waals surface area contributed by atoms with E-state index in [9.17, 15) is 4.79 Å². The van der Waals surface area contributed by atoms with E-state index in [1.165, 1.54) is 5.69 Å². The molecule has 1 fully saturated rings. The number of anilines is 1.